The summed E-state index contributed by atoms with van der Waals surface area (Å²) >= 11 is 0. The molecule has 5 rings (SSSR count). The van der Waals surface area contributed by atoms with Gasteiger partial charge in [0.05, 0.1) is 22.7 Å². The number of ether oxygens (including phenoxy) is 1. The number of hydrogen-bond acceptors (Lipinski definition) is 5. The van der Waals surface area contributed by atoms with Crippen molar-refractivity contribution in [1.29, 1.82) is 0 Å². The Labute approximate surface area is 249 Å². The molecule has 2 aliphatic heterocycles. The van der Waals surface area contributed by atoms with Crippen LogP contribution in [0.2, 0.25) is 0 Å². The summed E-state index contributed by atoms with van der Waals surface area (Å²) in [6, 6.07) is 18.3. The van der Waals surface area contributed by atoms with E-state index >= 15 is 0 Å². The van der Waals surface area contributed by atoms with Gasteiger partial charge < -0.3 is 9.64 Å². The highest BCUT2D eigenvalue weighted by Gasteiger charge is 2.38. The van der Waals surface area contributed by atoms with Gasteiger partial charge in [0, 0.05) is 24.6 Å². The Morgan fingerprint density at radius 3 is 2.48 bits per heavy atom. The van der Waals surface area contributed by atoms with Crippen molar-refractivity contribution in [2.45, 2.75) is 52.9 Å². The van der Waals surface area contributed by atoms with Gasteiger partial charge in [-0.2, -0.15) is 4.98 Å². The molecule has 6 heteroatoms. The summed E-state index contributed by atoms with van der Waals surface area (Å²) in [5.74, 6) is 1.77. The van der Waals surface area contributed by atoms with Gasteiger partial charge in [0.25, 0.3) is 0 Å². The molecule has 3 heterocycles. The summed E-state index contributed by atoms with van der Waals surface area (Å²) in [5.41, 5.74) is 7.39. The lowest BCUT2D eigenvalue weighted by atomic mass is 9.78. The fraction of sp³-hybridized carbons (Fsp3) is 0.306. The zero-order valence-electron chi connectivity index (χ0n) is 25.2. The third-order valence-corrected chi connectivity index (χ3v) is 8.10. The Morgan fingerprint density at radius 1 is 1.07 bits per heavy atom. The van der Waals surface area contributed by atoms with Crippen molar-refractivity contribution in [2.24, 2.45) is 4.99 Å². The lowest BCUT2D eigenvalue weighted by Crippen LogP contribution is -2.35. The summed E-state index contributed by atoms with van der Waals surface area (Å²) in [6.07, 6.45) is 6.95. The molecule has 1 atom stereocenters. The first kappa shape index (κ1) is 29.1. The number of nitrogens with zero attached hydrogens (tertiary/aromatic N) is 4. The lowest BCUT2D eigenvalue weighted by molar-refractivity contribution is 0.246. The third kappa shape index (κ3) is 5.67. The van der Waals surface area contributed by atoms with Gasteiger partial charge in [-0.1, -0.05) is 78.9 Å². The summed E-state index contributed by atoms with van der Waals surface area (Å²) in [4.78, 5) is 26.4. The largest absolute Gasteiger partial charge is 0.494 e. The first-order valence-electron chi connectivity index (χ1n) is 14.7. The van der Waals surface area contributed by atoms with Gasteiger partial charge in [-0.05, 0) is 70.2 Å². The number of benzene rings is 2. The molecule has 2 aliphatic rings. The Kier molecular flexibility index (Phi) is 8.72. The number of rotatable bonds is 7. The highest BCUT2D eigenvalue weighted by atomic mass is 16.5. The molecular formula is C36H40N4O2. The Morgan fingerprint density at radius 2 is 1.81 bits per heavy atom. The monoisotopic (exact) mass is 560 g/mol. The molecule has 1 saturated heterocycles. The van der Waals surface area contributed by atoms with E-state index in [0.29, 0.717) is 18.2 Å². The van der Waals surface area contributed by atoms with E-state index in [9.17, 15) is 4.79 Å². The third-order valence-electron chi connectivity index (χ3n) is 8.10. The van der Waals surface area contributed by atoms with E-state index < -0.39 is 0 Å². The van der Waals surface area contributed by atoms with E-state index in [1.165, 1.54) is 5.57 Å². The fourth-order valence-electron chi connectivity index (χ4n) is 5.94. The molecule has 0 bridgehead atoms. The smallest absolute Gasteiger partial charge is 0.355 e. The predicted octanol–water partition coefficient (Wildman–Crippen LogP) is 7.75. The Bertz CT molecular complexity index is 1640. The van der Waals surface area contributed by atoms with Crippen molar-refractivity contribution >= 4 is 17.3 Å². The molecule has 0 amide bonds. The van der Waals surface area contributed by atoms with Gasteiger partial charge in [0.2, 0.25) is 0 Å². The van der Waals surface area contributed by atoms with Gasteiger partial charge in [-0.25, -0.2) is 14.4 Å². The molecule has 1 aromatic heterocycles. The molecule has 6 nitrogen and oxygen atoms in total. The topological polar surface area (TPSA) is 59.7 Å². The van der Waals surface area contributed by atoms with Crippen LogP contribution in [0, 0.1) is 6.92 Å². The van der Waals surface area contributed by atoms with Crippen molar-refractivity contribution in [3.05, 3.63) is 130 Å². The van der Waals surface area contributed by atoms with Crippen LogP contribution < -0.4 is 10.6 Å². The van der Waals surface area contributed by atoms with Crippen molar-refractivity contribution in [3.63, 3.8) is 0 Å². The van der Waals surface area contributed by atoms with E-state index in [4.69, 9.17) is 14.7 Å². The Hall–Kier alpha value is -4.45. The van der Waals surface area contributed by atoms with Crippen LogP contribution in [0.4, 0.5) is 11.6 Å². The van der Waals surface area contributed by atoms with Crippen LogP contribution in [0.25, 0.3) is 5.69 Å². The van der Waals surface area contributed by atoms with E-state index in [2.05, 4.69) is 43.2 Å². The molecule has 0 radical (unpaired) electrons. The molecule has 216 valence electrons. The quantitative estimate of drug-likeness (QED) is 0.219. The van der Waals surface area contributed by atoms with E-state index in [-0.39, 0.29) is 11.6 Å². The SMILES string of the molecule is C=CCO/C(C)=C1\C(C(=C)C)=Nc2c(c(N3CCCC(=CC)CC3)nc(=O)n2-c2ccc(C)cc2)C1c1ccccc1. The van der Waals surface area contributed by atoms with Crippen molar-refractivity contribution in [2.75, 3.05) is 24.6 Å². The normalized spacial score (nSPS) is 19.0. The summed E-state index contributed by atoms with van der Waals surface area (Å²) in [6.45, 7) is 18.2. The summed E-state index contributed by atoms with van der Waals surface area (Å²) < 4.78 is 7.85. The number of allylic oxidation sites excluding steroid dienone is 4. The van der Waals surface area contributed by atoms with Gasteiger partial charge in [-0.15, -0.1) is 0 Å². The van der Waals surface area contributed by atoms with Crippen LogP contribution >= 0.6 is 0 Å². The van der Waals surface area contributed by atoms with Crippen LogP contribution in [-0.2, 0) is 4.74 Å². The number of aromatic nitrogens is 2. The lowest BCUT2D eigenvalue weighted by Gasteiger charge is -2.35. The summed E-state index contributed by atoms with van der Waals surface area (Å²) in [5, 5.41) is 0. The standard InChI is InChI=1S/C36H40N4O2/c1-7-23-42-26(6)30-31(28-14-10-9-11-15-28)32-34(39-21-12-13-27(8-2)20-22-39)38-36(41)40(29-18-16-25(5)17-19-29)35(32)37-33(30)24(3)4/h7-11,14-19,31H,1,3,12-13,20-23H2,2,4-6H3/b27-8?,30-26-. The van der Waals surface area contributed by atoms with E-state index in [0.717, 1.165) is 77.3 Å². The van der Waals surface area contributed by atoms with Gasteiger partial charge in [0.15, 0.2) is 0 Å². The van der Waals surface area contributed by atoms with Gasteiger partial charge in [0.1, 0.15) is 18.2 Å². The van der Waals surface area contributed by atoms with Crippen LogP contribution in [0.1, 0.15) is 62.6 Å². The van der Waals surface area contributed by atoms with Crippen LogP contribution in [0.15, 0.2) is 112 Å². The van der Waals surface area contributed by atoms with Gasteiger partial charge in [-0.3, -0.25) is 0 Å². The molecule has 2 aromatic carbocycles. The number of hydrogen-bond donors (Lipinski definition) is 0. The molecule has 0 aliphatic carbocycles. The van der Waals surface area contributed by atoms with E-state index in [1.54, 1.807) is 10.6 Å². The molecule has 0 N–H and O–H groups in total. The van der Waals surface area contributed by atoms with Gasteiger partial charge >= 0.3 is 5.69 Å². The van der Waals surface area contributed by atoms with Crippen LogP contribution in [-0.4, -0.2) is 35.0 Å². The maximum Gasteiger partial charge on any atom is 0.355 e. The molecule has 1 unspecified atom stereocenters. The minimum absolute atomic E-state index is 0.278. The minimum Gasteiger partial charge on any atom is -0.494 e. The fourth-order valence-corrected chi connectivity index (χ4v) is 5.94. The van der Waals surface area contributed by atoms with Crippen molar-refractivity contribution < 1.29 is 4.74 Å². The second-order valence-electron chi connectivity index (χ2n) is 11.1. The first-order valence-corrected chi connectivity index (χ1v) is 14.7. The maximum absolute atomic E-state index is 14.0. The second-order valence-corrected chi connectivity index (χ2v) is 11.1. The molecule has 1 fully saturated rings. The average molecular weight is 561 g/mol. The molecule has 3 aromatic rings. The second kappa shape index (κ2) is 12.6. The Balaban J connectivity index is 1.89. The number of aryl methyl sites for hydroxylation is 1. The average Bonchev–Trinajstić information content (AvgIpc) is 3.25. The summed E-state index contributed by atoms with van der Waals surface area (Å²) in [7, 11) is 0. The molecule has 42 heavy (non-hydrogen) atoms. The predicted molar refractivity (Wildman–Crippen MR) is 173 cm³/mol. The number of fused-ring (bicyclic) bond motifs is 1. The zero-order chi connectivity index (χ0) is 29.8. The van der Waals surface area contributed by atoms with Crippen LogP contribution in [0.5, 0.6) is 0 Å². The minimum atomic E-state index is -0.341. The first-order chi connectivity index (χ1) is 20.3. The highest BCUT2D eigenvalue weighted by molar-refractivity contribution is 6.16. The van der Waals surface area contributed by atoms with Crippen molar-refractivity contribution in [3.8, 4) is 5.69 Å². The van der Waals surface area contributed by atoms with E-state index in [1.807, 2.05) is 63.2 Å². The zero-order valence-corrected chi connectivity index (χ0v) is 25.2. The molecule has 0 saturated carbocycles. The number of anilines is 1. The van der Waals surface area contributed by atoms with Crippen LogP contribution in [0.3, 0.4) is 0 Å². The van der Waals surface area contributed by atoms with Crippen molar-refractivity contribution in [1.82, 2.24) is 9.55 Å². The molecule has 0 spiro atoms. The number of aliphatic imine (C=N–C) groups is 1. The highest BCUT2D eigenvalue weighted by Crippen LogP contribution is 2.48. The molecular weight excluding hydrogens is 520 g/mol. The maximum atomic E-state index is 14.0.